The van der Waals surface area contributed by atoms with Crippen LogP contribution in [0.4, 0.5) is 11.4 Å². The van der Waals surface area contributed by atoms with E-state index in [1.165, 1.54) is 24.3 Å². The number of para-hydroxylation sites is 3. The molecule has 8 nitrogen and oxygen atoms in total. The number of Topliss-reactive ketones (excluding diaryl/α,β-unsaturated/α-hetero) is 1. The van der Waals surface area contributed by atoms with Crippen molar-refractivity contribution in [3.63, 3.8) is 0 Å². The highest BCUT2D eigenvalue weighted by molar-refractivity contribution is 9.10. The summed E-state index contributed by atoms with van der Waals surface area (Å²) in [5, 5.41) is 14.1. The molecule has 9 heteroatoms. The van der Waals surface area contributed by atoms with Crippen LogP contribution in [0, 0.1) is 0 Å². The van der Waals surface area contributed by atoms with E-state index in [1.807, 2.05) is 0 Å². The molecule has 2 amide bonds. The van der Waals surface area contributed by atoms with Crippen LogP contribution in [-0.4, -0.2) is 34.2 Å². The molecule has 35 heavy (non-hydrogen) atoms. The number of benzene rings is 3. The molecule has 1 fully saturated rings. The molecule has 0 spiro atoms. The van der Waals surface area contributed by atoms with Crippen molar-refractivity contribution in [1.82, 2.24) is 0 Å². The third-order valence-electron chi connectivity index (χ3n) is 6.54. The van der Waals surface area contributed by atoms with E-state index in [4.69, 9.17) is 4.74 Å². The Morgan fingerprint density at radius 1 is 0.943 bits per heavy atom. The predicted molar refractivity (Wildman–Crippen MR) is 129 cm³/mol. The predicted octanol–water partition coefficient (Wildman–Crippen LogP) is 3.73. The fourth-order valence-corrected chi connectivity index (χ4v) is 5.37. The second-order valence-electron chi connectivity index (χ2n) is 8.33. The summed E-state index contributed by atoms with van der Waals surface area (Å²) in [4.78, 5) is 55.4. The van der Waals surface area contributed by atoms with Gasteiger partial charge < -0.3 is 15.2 Å². The van der Waals surface area contributed by atoms with Crippen LogP contribution in [0.15, 0.2) is 82.8 Å². The van der Waals surface area contributed by atoms with Crippen LogP contribution in [-0.2, 0) is 19.2 Å². The first-order chi connectivity index (χ1) is 16.9. The maximum atomic E-state index is 13.9. The first-order valence-electron chi connectivity index (χ1n) is 10.7. The van der Waals surface area contributed by atoms with Crippen molar-refractivity contribution in [3.05, 3.63) is 94.0 Å². The Hall–Kier alpha value is -4.24. The van der Waals surface area contributed by atoms with Crippen LogP contribution in [0.3, 0.4) is 0 Å². The first-order valence-corrected chi connectivity index (χ1v) is 11.4. The zero-order valence-corrected chi connectivity index (χ0v) is 19.4. The number of halogens is 1. The number of fused-ring (bicyclic) bond motifs is 4. The molecule has 0 radical (unpaired) electrons. The van der Waals surface area contributed by atoms with Crippen molar-refractivity contribution < 1.29 is 29.0 Å². The molecule has 0 bridgehead atoms. The highest BCUT2D eigenvalue weighted by Gasteiger charge is 2.71. The number of hydrogen-bond acceptors (Lipinski definition) is 6. The lowest BCUT2D eigenvalue weighted by Gasteiger charge is -2.43. The summed E-state index contributed by atoms with van der Waals surface area (Å²) in [5.74, 6) is -5.58. The van der Waals surface area contributed by atoms with Gasteiger partial charge in [0.15, 0.2) is 11.3 Å². The van der Waals surface area contributed by atoms with Gasteiger partial charge in [-0.2, -0.15) is 0 Å². The van der Waals surface area contributed by atoms with Gasteiger partial charge in [-0.05, 0) is 35.9 Å². The summed E-state index contributed by atoms with van der Waals surface area (Å²) in [5.41, 5.74) is -1.55. The first kappa shape index (κ1) is 21.3. The summed E-state index contributed by atoms with van der Waals surface area (Å²) < 4.78 is 6.36. The molecule has 3 aromatic rings. The second-order valence-corrected chi connectivity index (χ2v) is 9.25. The van der Waals surface area contributed by atoms with Crippen molar-refractivity contribution in [2.45, 2.75) is 11.5 Å². The summed E-state index contributed by atoms with van der Waals surface area (Å²) in [7, 11) is 0. The quantitative estimate of drug-likeness (QED) is 0.171. The number of ether oxygens (including phenoxy) is 1. The monoisotopic (exact) mass is 530 g/mol. The van der Waals surface area contributed by atoms with Gasteiger partial charge in [0.05, 0.1) is 11.3 Å². The lowest BCUT2D eigenvalue weighted by molar-refractivity contribution is -0.143. The lowest BCUT2D eigenvalue weighted by atomic mass is 9.73. The highest BCUT2D eigenvalue weighted by atomic mass is 79.9. The van der Waals surface area contributed by atoms with E-state index in [9.17, 15) is 24.3 Å². The van der Waals surface area contributed by atoms with Crippen molar-refractivity contribution in [1.29, 1.82) is 0 Å². The molecule has 3 aromatic carbocycles. The number of anilines is 2. The van der Waals surface area contributed by atoms with Gasteiger partial charge in [0.25, 0.3) is 5.78 Å². The molecular weight excluding hydrogens is 516 g/mol. The Kier molecular flexibility index (Phi) is 4.49. The van der Waals surface area contributed by atoms with E-state index in [-0.39, 0.29) is 17.0 Å². The Bertz CT molecular complexity index is 1510. The number of aliphatic hydroxyl groups is 1. The van der Waals surface area contributed by atoms with Gasteiger partial charge in [-0.25, -0.2) is 4.79 Å². The third-order valence-corrected chi connectivity index (χ3v) is 7.07. The zero-order chi connectivity index (χ0) is 24.5. The van der Waals surface area contributed by atoms with E-state index in [1.54, 1.807) is 48.5 Å². The smallest absolute Gasteiger partial charge is 0.344 e. The SMILES string of the molecule is O=C1C(=O)N2c3ccccc3OC(=O)C2(C2C(=O)Nc3ccccc32)/C1=C(\O)c1ccc(Br)cc1. The molecule has 3 aliphatic rings. The van der Waals surface area contributed by atoms with E-state index in [0.717, 1.165) is 9.37 Å². The minimum atomic E-state index is -2.25. The summed E-state index contributed by atoms with van der Waals surface area (Å²) >= 11 is 3.32. The second kappa shape index (κ2) is 7.38. The third kappa shape index (κ3) is 2.72. The summed E-state index contributed by atoms with van der Waals surface area (Å²) in [6.45, 7) is 0. The van der Waals surface area contributed by atoms with E-state index in [0.29, 0.717) is 11.3 Å². The van der Waals surface area contributed by atoms with Crippen molar-refractivity contribution >= 4 is 56.6 Å². The van der Waals surface area contributed by atoms with E-state index in [2.05, 4.69) is 21.2 Å². The van der Waals surface area contributed by atoms with Crippen LogP contribution in [0.5, 0.6) is 5.75 Å². The molecule has 2 N–H and O–H groups in total. The van der Waals surface area contributed by atoms with Crippen molar-refractivity contribution in [3.8, 4) is 5.75 Å². The number of hydrogen-bond donors (Lipinski definition) is 2. The minimum Gasteiger partial charge on any atom is -0.507 e. The van der Waals surface area contributed by atoms with Gasteiger partial charge in [0.1, 0.15) is 11.7 Å². The standard InChI is InChI=1S/C26H15BrN2O6/c27-14-11-9-13(10-12-14)21(30)20-22(31)24(33)29-17-7-3-4-8-18(17)35-25(34)26(20,29)19-15-5-1-2-6-16(15)28-23(19)32/h1-12,19,30H,(H,28,32)/b21-20-. The number of carbonyl (C=O) groups excluding carboxylic acids is 4. The number of aliphatic hydroxyl groups excluding tert-OH is 1. The molecule has 2 unspecified atom stereocenters. The molecule has 0 aromatic heterocycles. The number of amides is 2. The molecule has 6 rings (SSSR count). The molecule has 3 heterocycles. The molecule has 0 aliphatic carbocycles. The fourth-order valence-electron chi connectivity index (χ4n) is 5.11. The van der Waals surface area contributed by atoms with Crippen LogP contribution in [0.25, 0.3) is 5.76 Å². The molecule has 0 saturated carbocycles. The normalized spacial score (nSPS) is 23.9. The van der Waals surface area contributed by atoms with Gasteiger partial charge in [0.2, 0.25) is 5.91 Å². The number of ketones is 1. The van der Waals surface area contributed by atoms with E-state index < -0.39 is 46.4 Å². The average molecular weight is 531 g/mol. The molecule has 1 saturated heterocycles. The Morgan fingerprint density at radius 3 is 2.40 bits per heavy atom. The fraction of sp³-hybridized carbons (Fsp3) is 0.0769. The van der Waals surface area contributed by atoms with Gasteiger partial charge in [0, 0.05) is 15.7 Å². The maximum absolute atomic E-state index is 13.9. The van der Waals surface area contributed by atoms with Crippen LogP contribution in [0.1, 0.15) is 17.0 Å². The van der Waals surface area contributed by atoms with Crippen molar-refractivity contribution in [2.24, 2.45) is 0 Å². The lowest BCUT2D eigenvalue weighted by Crippen LogP contribution is -2.62. The minimum absolute atomic E-state index is 0.0744. The number of rotatable bonds is 2. The highest BCUT2D eigenvalue weighted by Crippen LogP contribution is 2.56. The largest absolute Gasteiger partial charge is 0.507 e. The average Bonchev–Trinajstić information content (AvgIpc) is 3.31. The van der Waals surface area contributed by atoms with Crippen LogP contribution < -0.4 is 15.0 Å². The topological polar surface area (TPSA) is 113 Å². The molecule has 3 aliphatic heterocycles. The number of nitrogens with zero attached hydrogens (tertiary/aromatic N) is 1. The summed E-state index contributed by atoms with van der Waals surface area (Å²) in [6, 6.07) is 19.3. The Balaban J connectivity index is 1.73. The molecule has 172 valence electrons. The number of nitrogens with one attached hydrogen (secondary N) is 1. The Labute approximate surface area is 206 Å². The molecule has 2 atom stereocenters. The Morgan fingerprint density at radius 2 is 1.63 bits per heavy atom. The van der Waals surface area contributed by atoms with Crippen molar-refractivity contribution in [2.75, 3.05) is 10.2 Å². The van der Waals surface area contributed by atoms with Gasteiger partial charge in [-0.15, -0.1) is 0 Å². The van der Waals surface area contributed by atoms with Gasteiger partial charge in [-0.3, -0.25) is 19.3 Å². The number of esters is 1. The van der Waals surface area contributed by atoms with Crippen LogP contribution in [0.2, 0.25) is 0 Å². The molecular formula is C26H15BrN2O6. The number of carbonyl (C=O) groups is 4. The van der Waals surface area contributed by atoms with Gasteiger partial charge >= 0.3 is 11.9 Å². The van der Waals surface area contributed by atoms with Crippen LogP contribution >= 0.6 is 15.9 Å². The van der Waals surface area contributed by atoms with E-state index >= 15 is 0 Å². The zero-order valence-electron chi connectivity index (χ0n) is 17.8. The van der Waals surface area contributed by atoms with Gasteiger partial charge in [-0.1, -0.05) is 58.4 Å². The maximum Gasteiger partial charge on any atom is 0.344 e. The summed E-state index contributed by atoms with van der Waals surface area (Å²) in [6.07, 6.45) is 0.